The number of nitrogens with two attached hydrogens (primary N) is 1. The zero-order valence-corrected chi connectivity index (χ0v) is 16.7. The predicted molar refractivity (Wildman–Crippen MR) is 107 cm³/mol. The lowest BCUT2D eigenvalue weighted by molar-refractivity contribution is -0.118. The van der Waals surface area contributed by atoms with Crippen LogP contribution in [0.1, 0.15) is 11.1 Å². The van der Waals surface area contributed by atoms with Crippen LogP contribution in [0.25, 0.3) is 10.2 Å². The van der Waals surface area contributed by atoms with E-state index in [2.05, 4.69) is 26.2 Å². The molecule has 1 amide bonds. The van der Waals surface area contributed by atoms with E-state index in [9.17, 15) is 4.79 Å². The van der Waals surface area contributed by atoms with E-state index in [-0.39, 0.29) is 12.5 Å². The molecule has 130 valence electrons. The fourth-order valence-corrected chi connectivity index (χ4v) is 4.35. The number of nitrogens with one attached hydrogen (secondary N) is 1. The van der Waals surface area contributed by atoms with Crippen molar-refractivity contribution in [1.29, 1.82) is 0 Å². The molecule has 0 atom stereocenters. The molecule has 0 saturated carbocycles. The minimum absolute atomic E-state index is 0.135. The summed E-state index contributed by atoms with van der Waals surface area (Å²) in [6.07, 6.45) is 0. The normalized spacial score (nSPS) is 10.9. The Morgan fingerprint density at radius 3 is 2.84 bits per heavy atom. The van der Waals surface area contributed by atoms with Crippen molar-refractivity contribution < 1.29 is 9.53 Å². The maximum Gasteiger partial charge on any atom is 0.262 e. The van der Waals surface area contributed by atoms with Crippen molar-refractivity contribution in [3.05, 3.63) is 44.9 Å². The Morgan fingerprint density at radius 2 is 2.12 bits per heavy atom. The second kappa shape index (κ2) is 7.19. The van der Waals surface area contributed by atoms with Crippen molar-refractivity contribution in [3.63, 3.8) is 0 Å². The van der Waals surface area contributed by atoms with Crippen molar-refractivity contribution in [3.8, 4) is 5.75 Å². The van der Waals surface area contributed by atoms with Gasteiger partial charge in [-0.05, 0) is 59.1 Å². The summed E-state index contributed by atoms with van der Waals surface area (Å²) in [6, 6.07) is 7.37. The topological polar surface area (TPSA) is 77.2 Å². The first-order chi connectivity index (χ1) is 11.8. The molecule has 3 aromatic rings. The Morgan fingerprint density at radius 1 is 1.36 bits per heavy atom. The fraction of sp³-hybridized carbons (Fsp3) is 0.176. The summed E-state index contributed by atoms with van der Waals surface area (Å²) in [5, 5.41) is 3.78. The van der Waals surface area contributed by atoms with Gasteiger partial charge in [-0.3, -0.25) is 4.79 Å². The van der Waals surface area contributed by atoms with Gasteiger partial charge in [0, 0.05) is 10.2 Å². The second-order valence-electron chi connectivity index (χ2n) is 5.59. The van der Waals surface area contributed by atoms with Gasteiger partial charge >= 0.3 is 0 Å². The lowest BCUT2D eigenvalue weighted by Crippen LogP contribution is -2.20. The number of aromatic nitrogens is 1. The van der Waals surface area contributed by atoms with Crippen LogP contribution >= 0.6 is 38.9 Å². The van der Waals surface area contributed by atoms with E-state index in [1.54, 1.807) is 12.1 Å². The lowest BCUT2D eigenvalue weighted by atomic mass is 10.1. The van der Waals surface area contributed by atoms with Gasteiger partial charge in [0.2, 0.25) is 0 Å². The number of anilines is 2. The van der Waals surface area contributed by atoms with E-state index in [4.69, 9.17) is 22.1 Å². The summed E-state index contributed by atoms with van der Waals surface area (Å²) in [6.45, 7) is 3.71. The summed E-state index contributed by atoms with van der Waals surface area (Å²) in [5.41, 5.74) is 9.08. The van der Waals surface area contributed by atoms with Crippen LogP contribution in [0.2, 0.25) is 5.02 Å². The van der Waals surface area contributed by atoms with Crippen LogP contribution in [0.4, 0.5) is 10.8 Å². The van der Waals surface area contributed by atoms with E-state index in [0.717, 1.165) is 25.8 Å². The van der Waals surface area contributed by atoms with Gasteiger partial charge in [-0.1, -0.05) is 29.0 Å². The van der Waals surface area contributed by atoms with Gasteiger partial charge in [0.05, 0.1) is 15.2 Å². The standard InChI is InChI=1S/C17H15BrClN3O2S/c1-8-3-9(2)16(12(19)4-8)24-7-14(23)21-10-5-11(18)15-13(6-10)25-17(20)22-15/h3-6H,7H2,1-2H3,(H2,20,22)(H,21,23). The van der Waals surface area contributed by atoms with Gasteiger partial charge in [0.1, 0.15) is 5.75 Å². The summed E-state index contributed by atoms with van der Waals surface area (Å²) in [7, 11) is 0. The number of benzene rings is 2. The fourth-order valence-electron chi connectivity index (χ4n) is 2.50. The largest absolute Gasteiger partial charge is 0.482 e. The number of fused-ring (bicyclic) bond motifs is 1. The molecule has 0 spiro atoms. The van der Waals surface area contributed by atoms with Crippen molar-refractivity contribution in [2.45, 2.75) is 13.8 Å². The Balaban J connectivity index is 1.71. The molecule has 0 aliphatic rings. The van der Waals surface area contributed by atoms with Gasteiger partial charge in [-0.2, -0.15) is 0 Å². The van der Waals surface area contributed by atoms with Crippen LogP contribution in [0, 0.1) is 13.8 Å². The highest BCUT2D eigenvalue weighted by atomic mass is 79.9. The zero-order valence-electron chi connectivity index (χ0n) is 13.5. The summed E-state index contributed by atoms with van der Waals surface area (Å²) < 4.78 is 7.25. The number of thiazole rings is 1. The quantitative estimate of drug-likeness (QED) is 0.603. The van der Waals surface area contributed by atoms with Gasteiger partial charge in [0.15, 0.2) is 11.7 Å². The van der Waals surface area contributed by atoms with E-state index >= 15 is 0 Å². The van der Waals surface area contributed by atoms with Crippen molar-refractivity contribution in [2.75, 3.05) is 17.7 Å². The molecule has 0 aliphatic carbocycles. The maximum atomic E-state index is 12.2. The van der Waals surface area contributed by atoms with E-state index < -0.39 is 0 Å². The van der Waals surface area contributed by atoms with Crippen molar-refractivity contribution in [2.24, 2.45) is 0 Å². The average molecular weight is 441 g/mol. The molecule has 0 bridgehead atoms. The average Bonchev–Trinajstić information content (AvgIpc) is 2.87. The zero-order chi connectivity index (χ0) is 18.1. The first-order valence-corrected chi connectivity index (χ1v) is 9.37. The lowest BCUT2D eigenvalue weighted by Gasteiger charge is -2.12. The number of aryl methyl sites for hydroxylation is 2. The minimum atomic E-state index is -0.278. The van der Waals surface area contributed by atoms with Gasteiger partial charge in [-0.25, -0.2) is 4.98 Å². The molecule has 0 radical (unpaired) electrons. The molecule has 0 saturated heterocycles. The number of nitrogen functional groups attached to an aromatic ring is 1. The molecule has 5 nitrogen and oxygen atoms in total. The molecule has 2 aromatic carbocycles. The molecule has 1 heterocycles. The Hall–Kier alpha value is -1.83. The van der Waals surface area contributed by atoms with Crippen LogP contribution in [-0.4, -0.2) is 17.5 Å². The molecule has 3 N–H and O–H groups in total. The molecule has 3 rings (SSSR count). The highest BCUT2D eigenvalue weighted by molar-refractivity contribution is 9.10. The smallest absolute Gasteiger partial charge is 0.262 e. The maximum absolute atomic E-state index is 12.2. The molecule has 0 fully saturated rings. The first-order valence-electron chi connectivity index (χ1n) is 7.38. The first kappa shape index (κ1) is 18.0. The number of nitrogens with zero attached hydrogens (tertiary/aromatic N) is 1. The third kappa shape index (κ3) is 4.05. The molecule has 8 heteroatoms. The van der Waals surface area contributed by atoms with Gasteiger partial charge < -0.3 is 15.8 Å². The Kier molecular flexibility index (Phi) is 5.17. The van der Waals surface area contributed by atoms with E-state index in [1.165, 1.54) is 11.3 Å². The molecule has 25 heavy (non-hydrogen) atoms. The monoisotopic (exact) mass is 439 g/mol. The van der Waals surface area contributed by atoms with E-state index in [0.29, 0.717) is 21.6 Å². The van der Waals surface area contributed by atoms with Gasteiger partial charge in [0.25, 0.3) is 5.91 Å². The highest BCUT2D eigenvalue weighted by Gasteiger charge is 2.12. The van der Waals surface area contributed by atoms with Crippen LogP contribution < -0.4 is 15.8 Å². The summed E-state index contributed by atoms with van der Waals surface area (Å²) in [4.78, 5) is 16.4. The minimum Gasteiger partial charge on any atom is -0.482 e. The third-order valence-electron chi connectivity index (χ3n) is 3.47. The van der Waals surface area contributed by atoms with Crippen LogP contribution in [-0.2, 0) is 4.79 Å². The van der Waals surface area contributed by atoms with E-state index in [1.807, 2.05) is 26.0 Å². The second-order valence-corrected chi connectivity index (χ2v) is 7.91. The molecular formula is C17H15BrClN3O2S. The predicted octanol–water partition coefficient (Wildman–Crippen LogP) is 4.93. The number of amides is 1. The SMILES string of the molecule is Cc1cc(C)c(OCC(=O)Nc2cc(Br)c3nc(N)sc3c2)c(Cl)c1. The third-order valence-corrected chi connectivity index (χ3v) is 5.19. The molecule has 1 aromatic heterocycles. The number of ether oxygens (including phenoxy) is 1. The Labute approximate surface area is 162 Å². The van der Waals surface area contributed by atoms with Gasteiger partial charge in [-0.15, -0.1) is 0 Å². The number of rotatable bonds is 4. The number of halogens is 2. The number of carbonyl (C=O) groups is 1. The van der Waals surface area contributed by atoms with Crippen LogP contribution in [0.5, 0.6) is 5.75 Å². The molecular weight excluding hydrogens is 426 g/mol. The van der Waals surface area contributed by atoms with Crippen molar-refractivity contribution in [1.82, 2.24) is 4.98 Å². The molecule has 0 aliphatic heterocycles. The molecule has 0 unspecified atom stereocenters. The van der Waals surface area contributed by atoms with Crippen LogP contribution in [0.3, 0.4) is 0 Å². The number of hydrogen-bond donors (Lipinski definition) is 2. The summed E-state index contributed by atoms with van der Waals surface area (Å²) in [5.74, 6) is 0.244. The Bertz CT molecular complexity index is 951. The number of hydrogen-bond acceptors (Lipinski definition) is 5. The number of carbonyl (C=O) groups excluding carboxylic acids is 1. The van der Waals surface area contributed by atoms with Crippen LogP contribution in [0.15, 0.2) is 28.7 Å². The van der Waals surface area contributed by atoms with Crippen molar-refractivity contribution >= 4 is 65.8 Å². The summed E-state index contributed by atoms with van der Waals surface area (Å²) >= 11 is 11.0. The highest BCUT2D eigenvalue weighted by Crippen LogP contribution is 2.33.